The minimum atomic E-state index is -0.894. The van der Waals surface area contributed by atoms with Gasteiger partial charge in [-0.25, -0.2) is 8.78 Å². The number of hydrogen-bond donors (Lipinski definition) is 2. The van der Waals surface area contributed by atoms with Gasteiger partial charge in [0.1, 0.15) is 0 Å². The molecule has 0 aromatic heterocycles. The maximum atomic E-state index is 13.4. The zero-order valence-electron chi connectivity index (χ0n) is 9.83. The van der Waals surface area contributed by atoms with Gasteiger partial charge in [0.25, 0.3) is 0 Å². The first kappa shape index (κ1) is 13.0. The Labute approximate surface area is 104 Å². The Hall–Kier alpha value is -1.49. The third kappa shape index (κ3) is 2.10. The van der Waals surface area contributed by atoms with Crippen molar-refractivity contribution in [2.24, 2.45) is 17.1 Å². The predicted molar refractivity (Wildman–Crippen MR) is 61.9 cm³/mol. The Morgan fingerprint density at radius 3 is 2.78 bits per heavy atom. The van der Waals surface area contributed by atoms with Crippen molar-refractivity contribution >= 4 is 5.97 Å². The molecule has 2 rings (SSSR count). The van der Waals surface area contributed by atoms with Crippen LogP contribution in [0.3, 0.4) is 0 Å². The Morgan fingerprint density at radius 2 is 2.22 bits per heavy atom. The van der Waals surface area contributed by atoms with Gasteiger partial charge in [-0.3, -0.25) is 4.79 Å². The molecule has 0 bridgehead atoms. The molecular formula is C13H15F2NO2. The number of carboxylic acid groups (broad SMARTS) is 1. The second kappa shape index (κ2) is 4.65. The van der Waals surface area contributed by atoms with Gasteiger partial charge in [0.15, 0.2) is 11.6 Å². The van der Waals surface area contributed by atoms with Gasteiger partial charge in [-0.15, -0.1) is 0 Å². The van der Waals surface area contributed by atoms with Gasteiger partial charge in [-0.1, -0.05) is 12.1 Å². The van der Waals surface area contributed by atoms with Crippen molar-refractivity contribution in [1.29, 1.82) is 0 Å². The molecule has 0 saturated heterocycles. The lowest BCUT2D eigenvalue weighted by Crippen LogP contribution is -2.27. The van der Waals surface area contributed by atoms with Crippen LogP contribution >= 0.6 is 0 Å². The summed E-state index contributed by atoms with van der Waals surface area (Å²) in [5.74, 6) is -2.64. The summed E-state index contributed by atoms with van der Waals surface area (Å²) >= 11 is 0. The molecule has 3 N–H and O–H groups in total. The predicted octanol–water partition coefficient (Wildman–Crippen LogP) is 1.95. The van der Waals surface area contributed by atoms with E-state index < -0.39 is 23.0 Å². The van der Waals surface area contributed by atoms with Crippen LogP contribution in [0.2, 0.25) is 0 Å². The first-order chi connectivity index (χ1) is 8.51. The highest BCUT2D eigenvalue weighted by atomic mass is 19.2. The molecule has 1 aromatic rings. The van der Waals surface area contributed by atoms with E-state index in [1.54, 1.807) is 0 Å². The summed E-state index contributed by atoms with van der Waals surface area (Å²) in [6.45, 7) is 0.0959. The smallest absolute Gasteiger partial charge is 0.311 e. The van der Waals surface area contributed by atoms with Crippen LogP contribution in [0.4, 0.5) is 8.78 Å². The van der Waals surface area contributed by atoms with E-state index in [2.05, 4.69) is 0 Å². The maximum Gasteiger partial charge on any atom is 0.311 e. The molecule has 3 nitrogen and oxygen atoms in total. The number of carbonyl (C=O) groups is 1. The lowest BCUT2D eigenvalue weighted by molar-refractivity contribution is -0.143. The van der Waals surface area contributed by atoms with E-state index in [0.717, 1.165) is 6.07 Å². The van der Waals surface area contributed by atoms with Crippen molar-refractivity contribution in [3.05, 3.63) is 35.4 Å². The van der Waals surface area contributed by atoms with E-state index in [4.69, 9.17) is 10.8 Å². The Bertz CT molecular complexity index is 478. The van der Waals surface area contributed by atoms with Gasteiger partial charge in [-0.2, -0.15) is 0 Å². The molecule has 98 valence electrons. The molecule has 0 heterocycles. The molecular weight excluding hydrogens is 240 g/mol. The number of benzene rings is 1. The number of aliphatic carboxylic acids is 1. The topological polar surface area (TPSA) is 63.3 Å². The molecule has 2 unspecified atom stereocenters. The second-order valence-electron chi connectivity index (χ2n) is 4.82. The van der Waals surface area contributed by atoms with Gasteiger partial charge in [0.05, 0.1) is 5.41 Å². The van der Waals surface area contributed by atoms with Crippen LogP contribution < -0.4 is 5.73 Å². The van der Waals surface area contributed by atoms with Crippen LogP contribution in [0, 0.1) is 23.0 Å². The van der Waals surface area contributed by atoms with Crippen molar-refractivity contribution in [2.45, 2.75) is 19.3 Å². The second-order valence-corrected chi connectivity index (χ2v) is 4.82. The fraction of sp³-hybridized carbons (Fsp3) is 0.462. The van der Waals surface area contributed by atoms with Crippen LogP contribution in [0.25, 0.3) is 0 Å². The van der Waals surface area contributed by atoms with Gasteiger partial charge in [0, 0.05) is 6.54 Å². The summed E-state index contributed by atoms with van der Waals surface area (Å²) in [5, 5.41) is 9.06. The van der Waals surface area contributed by atoms with Crippen LogP contribution in [0.1, 0.15) is 18.4 Å². The summed E-state index contributed by atoms with van der Waals surface area (Å²) in [7, 11) is 0. The summed E-state index contributed by atoms with van der Waals surface area (Å²) in [6.07, 6.45) is 1.38. The maximum absolute atomic E-state index is 13.4. The number of hydrogen-bond acceptors (Lipinski definition) is 2. The monoisotopic (exact) mass is 255 g/mol. The van der Waals surface area contributed by atoms with Crippen molar-refractivity contribution in [3.63, 3.8) is 0 Å². The fourth-order valence-electron chi connectivity index (χ4n) is 2.43. The zero-order valence-corrected chi connectivity index (χ0v) is 9.83. The van der Waals surface area contributed by atoms with E-state index in [1.165, 1.54) is 12.1 Å². The molecule has 0 spiro atoms. The Kier molecular flexibility index (Phi) is 3.34. The molecule has 0 amide bonds. The third-order valence-electron chi connectivity index (χ3n) is 3.82. The van der Waals surface area contributed by atoms with Crippen molar-refractivity contribution in [3.8, 4) is 0 Å². The fourth-order valence-corrected chi connectivity index (χ4v) is 2.43. The van der Waals surface area contributed by atoms with Gasteiger partial charge in [0.2, 0.25) is 0 Å². The summed E-state index contributed by atoms with van der Waals surface area (Å²) in [4.78, 5) is 11.0. The highest BCUT2D eigenvalue weighted by molar-refractivity contribution is 5.79. The van der Waals surface area contributed by atoms with Crippen molar-refractivity contribution in [1.82, 2.24) is 0 Å². The van der Waals surface area contributed by atoms with E-state index >= 15 is 0 Å². The normalized spacial score (nSPS) is 26.1. The number of nitrogens with two attached hydrogens (primary N) is 1. The number of rotatable bonds is 5. The zero-order chi connectivity index (χ0) is 13.3. The van der Waals surface area contributed by atoms with Crippen LogP contribution in [0.15, 0.2) is 18.2 Å². The largest absolute Gasteiger partial charge is 0.481 e. The average Bonchev–Trinajstić information content (AvgIpc) is 3.06. The molecule has 0 aliphatic heterocycles. The summed E-state index contributed by atoms with van der Waals surface area (Å²) in [6, 6.07) is 4.04. The number of carboxylic acids is 1. The van der Waals surface area contributed by atoms with Gasteiger partial charge < -0.3 is 10.8 Å². The average molecular weight is 255 g/mol. The quantitative estimate of drug-likeness (QED) is 0.845. The van der Waals surface area contributed by atoms with Gasteiger partial charge in [-0.05, 0) is 36.8 Å². The molecule has 1 saturated carbocycles. The molecule has 2 atom stereocenters. The minimum absolute atomic E-state index is 0.0392. The summed E-state index contributed by atoms with van der Waals surface area (Å²) < 4.78 is 26.4. The Morgan fingerprint density at radius 1 is 1.50 bits per heavy atom. The van der Waals surface area contributed by atoms with Crippen molar-refractivity contribution in [2.75, 3.05) is 6.54 Å². The van der Waals surface area contributed by atoms with Crippen LogP contribution in [-0.4, -0.2) is 17.6 Å². The van der Waals surface area contributed by atoms with E-state index in [0.29, 0.717) is 24.8 Å². The lowest BCUT2D eigenvalue weighted by atomic mass is 9.99. The number of halogens is 2. The first-order valence-electron chi connectivity index (χ1n) is 5.87. The molecule has 1 fully saturated rings. The lowest BCUT2D eigenvalue weighted by Gasteiger charge is -2.09. The van der Waals surface area contributed by atoms with Crippen molar-refractivity contribution < 1.29 is 18.7 Å². The first-order valence-corrected chi connectivity index (χ1v) is 5.87. The van der Waals surface area contributed by atoms with Gasteiger partial charge >= 0.3 is 5.97 Å². The molecule has 18 heavy (non-hydrogen) atoms. The molecule has 1 aliphatic carbocycles. The molecule has 5 heteroatoms. The molecule has 1 aliphatic rings. The third-order valence-corrected chi connectivity index (χ3v) is 3.82. The van der Waals surface area contributed by atoms with E-state index in [1.807, 2.05) is 0 Å². The highest BCUT2D eigenvalue weighted by Gasteiger charge is 2.58. The number of aryl methyl sites for hydroxylation is 1. The van der Waals surface area contributed by atoms with Crippen LogP contribution in [0.5, 0.6) is 0 Å². The highest BCUT2D eigenvalue weighted by Crippen LogP contribution is 2.54. The van der Waals surface area contributed by atoms with E-state index in [9.17, 15) is 13.6 Å². The molecule has 1 aromatic carbocycles. The van der Waals surface area contributed by atoms with Crippen LogP contribution in [-0.2, 0) is 11.2 Å². The standard InChI is InChI=1S/C13H15F2NO2/c14-10-3-1-2-8(11(10)15)4-5-9-6-13(9,7-16)12(17)18/h1-3,9H,4-7,16H2,(H,17,18). The SMILES string of the molecule is NCC1(C(=O)O)CC1CCc1cccc(F)c1F. The minimum Gasteiger partial charge on any atom is -0.481 e. The van der Waals surface area contributed by atoms with E-state index in [-0.39, 0.29) is 12.5 Å². The Balaban J connectivity index is 1.98. The molecule has 0 radical (unpaired) electrons. The summed E-state index contributed by atoms with van der Waals surface area (Å²) in [5.41, 5.74) is 4.91.